The molecule has 6 aromatic rings. The first-order chi connectivity index (χ1) is 16.1. The molecule has 3 heterocycles. The van der Waals surface area contributed by atoms with Crippen LogP contribution in [0.5, 0.6) is 17.4 Å². The number of rotatable bonds is 3. The zero-order chi connectivity index (χ0) is 22.5. The van der Waals surface area contributed by atoms with Gasteiger partial charge in [-0.3, -0.25) is 0 Å². The first-order valence-electron chi connectivity index (χ1n) is 10.7. The third-order valence-corrected chi connectivity index (χ3v) is 5.18. The van der Waals surface area contributed by atoms with Crippen molar-refractivity contribution >= 4 is 32.7 Å². The molecule has 6 heteroatoms. The molecule has 0 amide bonds. The van der Waals surface area contributed by atoms with Gasteiger partial charge in [-0.05, 0) is 35.7 Å². The second-order valence-electron chi connectivity index (χ2n) is 7.06. The van der Waals surface area contributed by atoms with E-state index in [1.807, 2.05) is 41.0 Å². The minimum Gasteiger partial charge on any atom is -0.506 e. The van der Waals surface area contributed by atoms with Crippen LogP contribution in [0.1, 0.15) is 2.74 Å². The van der Waals surface area contributed by atoms with Crippen molar-refractivity contribution in [2.75, 3.05) is 0 Å². The Kier molecular flexibility index (Phi) is 4.54. The van der Waals surface area contributed by atoms with Crippen LogP contribution in [-0.2, 0) is 21.1 Å². The van der Waals surface area contributed by atoms with E-state index in [1.165, 1.54) is 12.1 Å². The molecule has 0 saturated carbocycles. The van der Waals surface area contributed by atoms with Gasteiger partial charge >= 0.3 is 0 Å². The Morgan fingerprint density at radius 1 is 0.938 bits per heavy atom. The molecular formula is C26H16N3O2Pt-. The second kappa shape index (κ2) is 8.10. The number of aromatic hydroxyl groups is 1. The van der Waals surface area contributed by atoms with Gasteiger partial charge in [-0.15, -0.1) is 17.5 Å². The fourth-order valence-corrected chi connectivity index (χ4v) is 3.82. The van der Waals surface area contributed by atoms with Crippen molar-refractivity contribution in [2.45, 2.75) is 0 Å². The predicted molar refractivity (Wildman–Crippen MR) is 121 cm³/mol. The van der Waals surface area contributed by atoms with Crippen molar-refractivity contribution in [3.63, 3.8) is 0 Å². The van der Waals surface area contributed by atoms with Gasteiger partial charge in [0.25, 0.3) is 0 Å². The molecule has 0 atom stereocenters. The fraction of sp³-hybridized carbons (Fsp3) is 0. The third kappa shape index (κ3) is 3.31. The van der Waals surface area contributed by atoms with Crippen LogP contribution in [0, 0.1) is 6.07 Å². The van der Waals surface area contributed by atoms with Gasteiger partial charge in [0, 0.05) is 50.0 Å². The molecule has 0 aliphatic heterocycles. The molecule has 0 aliphatic carbocycles. The van der Waals surface area contributed by atoms with Crippen molar-refractivity contribution in [3.8, 4) is 23.2 Å². The quantitative estimate of drug-likeness (QED) is 0.253. The molecular weight excluding hydrogens is 581 g/mol. The SMILES string of the molecule is [2H]c1ccnc(-n2c3[c-]c(Oc4ccc5c([2H])ccc(O)c5n4)ccc3c3ccccc32)c1.[Pt]. The van der Waals surface area contributed by atoms with E-state index in [4.69, 9.17) is 7.48 Å². The Morgan fingerprint density at radius 2 is 1.84 bits per heavy atom. The maximum Gasteiger partial charge on any atom is 0.217 e. The van der Waals surface area contributed by atoms with Crippen LogP contribution >= 0.6 is 0 Å². The molecule has 0 aliphatic rings. The van der Waals surface area contributed by atoms with Crippen LogP contribution in [0.15, 0.2) is 91.1 Å². The van der Waals surface area contributed by atoms with Crippen molar-refractivity contribution in [3.05, 3.63) is 97.1 Å². The van der Waals surface area contributed by atoms with Crippen LogP contribution in [0.4, 0.5) is 0 Å². The summed E-state index contributed by atoms with van der Waals surface area (Å²) < 4.78 is 24.0. The summed E-state index contributed by atoms with van der Waals surface area (Å²) in [5.74, 6) is 1.35. The van der Waals surface area contributed by atoms with Gasteiger partial charge in [-0.25, -0.2) is 9.97 Å². The van der Waals surface area contributed by atoms with Crippen LogP contribution in [0.25, 0.3) is 38.5 Å². The van der Waals surface area contributed by atoms with Crippen molar-refractivity contribution in [2.24, 2.45) is 0 Å². The van der Waals surface area contributed by atoms with Crippen molar-refractivity contribution < 1.29 is 33.7 Å². The smallest absolute Gasteiger partial charge is 0.217 e. The Morgan fingerprint density at radius 3 is 2.75 bits per heavy atom. The number of pyridine rings is 2. The maximum atomic E-state index is 10.2. The molecule has 3 aromatic heterocycles. The van der Waals surface area contributed by atoms with E-state index in [0.29, 0.717) is 28.5 Å². The average molecular weight is 600 g/mol. The van der Waals surface area contributed by atoms with Gasteiger partial charge in [0.2, 0.25) is 5.88 Å². The van der Waals surface area contributed by atoms with Crippen LogP contribution in [-0.4, -0.2) is 19.6 Å². The van der Waals surface area contributed by atoms with Crippen LogP contribution in [0.3, 0.4) is 0 Å². The zero-order valence-corrected chi connectivity index (χ0v) is 18.8. The second-order valence-corrected chi connectivity index (χ2v) is 7.06. The number of aromatic nitrogens is 3. The van der Waals surface area contributed by atoms with Crippen LogP contribution in [0.2, 0.25) is 0 Å². The molecule has 5 nitrogen and oxygen atoms in total. The van der Waals surface area contributed by atoms with Gasteiger partial charge in [-0.1, -0.05) is 41.9 Å². The van der Waals surface area contributed by atoms with E-state index in [0.717, 1.165) is 21.8 Å². The molecule has 1 N–H and O–H groups in total. The molecule has 6 rings (SSSR count). The molecule has 0 spiro atoms. The zero-order valence-electron chi connectivity index (χ0n) is 18.5. The Hall–Kier alpha value is -3.69. The molecule has 0 fully saturated rings. The number of hydrogen-bond acceptors (Lipinski definition) is 4. The monoisotopic (exact) mass is 599 g/mol. The number of fused-ring (bicyclic) bond motifs is 4. The summed E-state index contributed by atoms with van der Waals surface area (Å²) in [6.45, 7) is 0. The van der Waals surface area contributed by atoms with E-state index in [9.17, 15) is 5.11 Å². The van der Waals surface area contributed by atoms with E-state index < -0.39 is 0 Å². The molecule has 0 bridgehead atoms. The largest absolute Gasteiger partial charge is 0.506 e. The number of phenols is 1. The third-order valence-electron chi connectivity index (χ3n) is 5.18. The molecule has 32 heavy (non-hydrogen) atoms. The first-order valence-corrected chi connectivity index (χ1v) is 9.74. The first kappa shape index (κ1) is 17.9. The minimum absolute atomic E-state index is 0. The summed E-state index contributed by atoms with van der Waals surface area (Å²) in [6.07, 6.45) is 1.62. The molecule has 158 valence electrons. The van der Waals surface area contributed by atoms with Gasteiger partial charge in [-0.2, -0.15) is 6.07 Å². The van der Waals surface area contributed by atoms with E-state index in [-0.39, 0.29) is 38.7 Å². The molecule has 0 radical (unpaired) electrons. The summed E-state index contributed by atoms with van der Waals surface area (Å²) in [5, 5.41) is 12.7. The number of para-hydroxylation sites is 2. The van der Waals surface area contributed by atoms with E-state index in [2.05, 4.69) is 16.0 Å². The van der Waals surface area contributed by atoms with Gasteiger partial charge < -0.3 is 14.4 Å². The number of nitrogens with zero attached hydrogens (tertiary/aromatic N) is 3. The number of benzene rings is 3. The summed E-state index contributed by atoms with van der Waals surface area (Å²) in [5.41, 5.74) is 2.03. The molecule has 0 saturated heterocycles. The Bertz CT molecular complexity index is 1700. The predicted octanol–water partition coefficient (Wildman–Crippen LogP) is 6.02. The fourth-order valence-electron chi connectivity index (χ4n) is 3.82. The molecule has 0 unspecified atom stereocenters. The number of phenolic OH excluding ortho intramolecular Hbond substituents is 1. The average Bonchev–Trinajstić information content (AvgIpc) is 3.15. The normalized spacial score (nSPS) is 11.9. The van der Waals surface area contributed by atoms with Crippen molar-refractivity contribution in [1.82, 2.24) is 14.5 Å². The number of ether oxygens (including phenoxy) is 1. The van der Waals surface area contributed by atoms with E-state index >= 15 is 0 Å². The summed E-state index contributed by atoms with van der Waals surface area (Å²) in [6, 6.07) is 25.4. The topological polar surface area (TPSA) is 60.2 Å². The summed E-state index contributed by atoms with van der Waals surface area (Å²) in [4.78, 5) is 8.86. The van der Waals surface area contributed by atoms with Gasteiger partial charge in [0.15, 0.2) is 0 Å². The minimum atomic E-state index is -0.00708. The number of hydrogen-bond donors (Lipinski definition) is 1. The summed E-state index contributed by atoms with van der Waals surface area (Å²) in [7, 11) is 0. The maximum absolute atomic E-state index is 10.2. The Balaban J connectivity index is 0.00000241. The summed E-state index contributed by atoms with van der Waals surface area (Å²) >= 11 is 0. The van der Waals surface area contributed by atoms with Crippen molar-refractivity contribution in [1.29, 1.82) is 0 Å². The Labute approximate surface area is 201 Å². The van der Waals surface area contributed by atoms with Gasteiger partial charge in [0.05, 0.1) is 2.74 Å². The van der Waals surface area contributed by atoms with E-state index in [1.54, 1.807) is 30.5 Å². The van der Waals surface area contributed by atoms with Gasteiger partial charge in [0.1, 0.15) is 17.1 Å². The standard InChI is InChI=1S/C26H16N3O2.Pt/c30-23-9-5-6-17-11-14-25(28-26(17)23)31-18-12-13-20-19-7-1-2-8-21(19)29(22(20)16-18)24-10-3-4-15-27-24;/h1-15,30H;/q-1;/i3D,6D;. The molecule has 3 aromatic carbocycles. The van der Waals surface area contributed by atoms with Crippen LogP contribution < -0.4 is 4.74 Å².